The summed E-state index contributed by atoms with van der Waals surface area (Å²) in [5, 5.41) is 0.848. The van der Waals surface area contributed by atoms with Crippen LogP contribution in [0.4, 0.5) is 0 Å². The molecule has 0 fully saturated rings. The highest BCUT2D eigenvalue weighted by Gasteiger charge is 2.44. The number of rotatable bonds is 7. The summed E-state index contributed by atoms with van der Waals surface area (Å²) in [6.07, 6.45) is 4.23. The van der Waals surface area contributed by atoms with Gasteiger partial charge in [-0.1, -0.05) is 30.7 Å². The summed E-state index contributed by atoms with van der Waals surface area (Å²) in [6, 6.07) is 8.65. The molecule has 2 aromatic rings. The van der Waals surface area contributed by atoms with Crippen LogP contribution in [0.3, 0.4) is 0 Å². The average Bonchev–Trinajstić information content (AvgIpc) is 2.71. The van der Waals surface area contributed by atoms with Crippen molar-refractivity contribution in [1.82, 2.24) is 0 Å². The third-order valence-electron chi connectivity index (χ3n) is 6.52. The van der Waals surface area contributed by atoms with Crippen molar-refractivity contribution in [1.29, 1.82) is 0 Å². The van der Waals surface area contributed by atoms with Gasteiger partial charge in [-0.3, -0.25) is 4.79 Å². The highest BCUT2D eigenvalue weighted by Crippen LogP contribution is 2.51. The molecular formula is C25H30O5. The minimum atomic E-state index is -0.384. The molecule has 0 saturated carbocycles. The van der Waals surface area contributed by atoms with Gasteiger partial charge in [0.05, 0.1) is 13.7 Å². The first kappa shape index (κ1) is 21.9. The van der Waals surface area contributed by atoms with Gasteiger partial charge in [0.15, 0.2) is 0 Å². The van der Waals surface area contributed by atoms with E-state index in [9.17, 15) is 9.59 Å². The molecule has 0 radical (unpaired) electrons. The lowest BCUT2D eigenvalue weighted by atomic mass is 9.58. The number of hydrogen-bond donors (Lipinski definition) is 0. The molecule has 1 aliphatic rings. The number of fused-ring (bicyclic) bond motifs is 1. The van der Waals surface area contributed by atoms with Gasteiger partial charge in [-0.15, -0.1) is 0 Å². The van der Waals surface area contributed by atoms with Gasteiger partial charge in [0.2, 0.25) is 0 Å². The van der Waals surface area contributed by atoms with Crippen LogP contribution >= 0.6 is 0 Å². The summed E-state index contributed by atoms with van der Waals surface area (Å²) in [7, 11) is 1.42. The minimum absolute atomic E-state index is 0.121. The fourth-order valence-electron chi connectivity index (χ4n) is 4.70. The minimum Gasteiger partial charge on any atom is -0.493 e. The third-order valence-corrected chi connectivity index (χ3v) is 6.52. The molecule has 1 aromatic heterocycles. The Hall–Kier alpha value is -2.82. The van der Waals surface area contributed by atoms with E-state index in [2.05, 4.69) is 33.4 Å². The van der Waals surface area contributed by atoms with Gasteiger partial charge in [-0.05, 0) is 56.2 Å². The number of allylic oxidation sites excluding steroid dienone is 2. The van der Waals surface area contributed by atoms with Crippen LogP contribution in [0.5, 0.6) is 5.75 Å². The van der Waals surface area contributed by atoms with Crippen molar-refractivity contribution < 1.29 is 18.7 Å². The predicted molar refractivity (Wildman–Crippen MR) is 118 cm³/mol. The summed E-state index contributed by atoms with van der Waals surface area (Å²) >= 11 is 0. The molecular weight excluding hydrogens is 380 g/mol. The van der Waals surface area contributed by atoms with Gasteiger partial charge in [0.25, 0.3) is 0 Å². The Morgan fingerprint density at radius 3 is 2.73 bits per heavy atom. The maximum Gasteiger partial charge on any atom is 0.336 e. The number of benzene rings is 1. The lowest BCUT2D eigenvalue weighted by Gasteiger charge is -2.47. The summed E-state index contributed by atoms with van der Waals surface area (Å²) in [5.41, 5.74) is 2.31. The zero-order chi connectivity index (χ0) is 21.9. The molecule has 0 N–H and O–H groups in total. The largest absolute Gasteiger partial charge is 0.493 e. The molecule has 5 nitrogen and oxygen atoms in total. The number of ether oxygens (including phenoxy) is 2. The van der Waals surface area contributed by atoms with Crippen LogP contribution in [0.15, 0.2) is 63.3 Å². The van der Waals surface area contributed by atoms with Crippen LogP contribution in [-0.2, 0) is 9.53 Å². The molecule has 1 aliphatic carbocycles. The van der Waals surface area contributed by atoms with Crippen molar-refractivity contribution in [2.24, 2.45) is 17.3 Å². The number of hydrogen-bond acceptors (Lipinski definition) is 5. The fourth-order valence-corrected chi connectivity index (χ4v) is 4.70. The second-order valence-electron chi connectivity index (χ2n) is 8.48. The van der Waals surface area contributed by atoms with Gasteiger partial charge < -0.3 is 13.9 Å². The second-order valence-corrected chi connectivity index (χ2v) is 8.48. The highest BCUT2D eigenvalue weighted by molar-refractivity contribution is 5.77. The van der Waals surface area contributed by atoms with Crippen LogP contribution in [0.2, 0.25) is 0 Å². The normalized spacial score (nSPS) is 23.7. The lowest BCUT2D eigenvalue weighted by molar-refractivity contribution is -0.141. The van der Waals surface area contributed by atoms with Crippen molar-refractivity contribution >= 4 is 16.9 Å². The molecule has 30 heavy (non-hydrogen) atoms. The summed E-state index contributed by atoms with van der Waals surface area (Å²) in [6.45, 7) is 11.1. The molecule has 0 bridgehead atoms. The molecule has 0 amide bonds. The van der Waals surface area contributed by atoms with Crippen LogP contribution < -0.4 is 10.4 Å². The van der Waals surface area contributed by atoms with E-state index < -0.39 is 0 Å². The van der Waals surface area contributed by atoms with E-state index in [1.54, 1.807) is 12.1 Å². The monoisotopic (exact) mass is 410 g/mol. The first-order chi connectivity index (χ1) is 14.2. The van der Waals surface area contributed by atoms with Crippen molar-refractivity contribution in [2.45, 2.75) is 40.0 Å². The Bertz CT molecular complexity index is 1030. The van der Waals surface area contributed by atoms with Gasteiger partial charge in [-0.25, -0.2) is 4.79 Å². The molecule has 3 rings (SSSR count). The van der Waals surface area contributed by atoms with E-state index in [-0.39, 0.29) is 28.8 Å². The van der Waals surface area contributed by atoms with Crippen LogP contribution in [0.1, 0.15) is 40.0 Å². The highest BCUT2D eigenvalue weighted by atomic mass is 16.5. The maximum atomic E-state index is 11.9. The molecule has 160 valence electrons. The Morgan fingerprint density at radius 2 is 2.03 bits per heavy atom. The van der Waals surface area contributed by atoms with Gasteiger partial charge in [0.1, 0.15) is 11.3 Å². The predicted octanol–water partition coefficient (Wildman–Crippen LogP) is 5.29. The molecule has 1 heterocycles. The van der Waals surface area contributed by atoms with E-state index in [0.29, 0.717) is 30.8 Å². The van der Waals surface area contributed by atoms with E-state index in [0.717, 1.165) is 17.4 Å². The van der Waals surface area contributed by atoms with Crippen LogP contribution in [-0.4, -0.2) is 19.7 Å². The molecule has 0 unspecified atom stereocenters. The van der Waals surface area contributed by atoms with Gasteiger partial charge >= 0.3 is 11.6 Å². The van der Waals surface area contributed by atoms with E-state index in [1.807, 2.05) is 12.1 Å². The third kappa shape index (κ3) is 4.50. The van der Waals surface area contributed by atoms with Gasteiger partial charge in [0, 0.05) is 29.9 Å². The first-order valence-corrected chi connectivity index (χ1v) is 10.3. The zero-order valence-electron chi connectivity index (χ0n) is 18.2. The average molecular weight is 411 g/mol. The zero-order valence-corrected chi connectivity index (χ0v) is 18.2. The molecule has 0 saturated heterocycles. The number of carbonyl (C=O) groups is 1. The Balaban J connectivity index is 1.85. The first-order valence-electron chi connectivity index (χ1n) is 10.3. The summed E-state index contributed by atoms with van der Waals surface area (Å²) < 4.78 is 16.3. The number of esters is 1. The quantitative estimate of drug-likeness (QED) is 0.352. The molecule has 3 atom stereocenters. The van der Waals surface area contributed by atoms with Crippen LogP contribution in [0.25, 0.3) is 11.0 Å². The lowest BCUT2D eigenvalue weighted by Crippen LogP contribution is -2.42. The molecule has 5 heteroatoms. The van der Waals surface area contributed by atoms with Crippen molar-refractivity contribution in [3.05, 3.63) is 64.6 Å². The number of carbonyl (C=O) groups excluding carboxylic acids is 1. The van der Waals surface area contributed by atoms with Crippen molar-refractivity contribution in [2.75, 3.05) is 13.7 Å². The van der Waals surface area contributed by atoms with Crippen LogP contribution in [0, 0.1) is 17.3 Å². The smallest absolute Gasteiger partial charge is 0.336 e. The molecule has 1 aromatic carbocycles. The molecule has 0 aliphatic heterocycles. The molecule has 0 spiro atoms. The standard InChI is InChI=1S/C25H30O5/c1-16(2)20-10-6-17(3)21(25(20,4)13-12-23(26)28-5)15-29-19-9-7-18-8-11-24(27)30-22(18)14-19/h6-9,11,14,20-21H,1,10,12-13,15H2,2-5H3/t20-,21-,25+/m0/s1. The van der Waals surface area contributed by atoms with Gasteiger partial charge in [-0.2, -0.15) is 0 Å². The Kier molecular flexibility index (Phi) is 6.49. The van der Waals surface area contributed by atoms with E-state index in [1.165, 1.54) is 18.7 Å². The van der Waals surface area contributed by atoms with E-state index >= 15 is 0 Å². The topological polar surface area (TPSA) is 65.7 Å². The Morgan fingerprint density at radius 1 is 1.30 bits per heavy atom. The van der Waals surface area contributed by atoms with Crippen molar-refractivity contribution in [3.8, 4) is 5.75 Å². The summed E-state index contributed by atoms with van der Waals surface area (Å²) in [4.78, 5) is 23.4. The Labute approximate surface area is 177 Å². The fraction of sp³-hybridized carbons (Fsp3) is 0.440. The summed E-state index contributed by atoms with van der Waals surface area (Å²) in [5.74, 6) is 0.829. The van der Waals surface area contributed by atoms with E-state index in [4.69, 9.17) is 13.9 Å². The number of methoxy groups -OCH3 is 1. The second kappa shape index (κ2) is 8.90. The maximum absolute atomic E-state index is 11.9. The SMILES string of the molecule is C=C(C)[C@@H]1CC=C(C)[C@H](COc2ccc3ccc(=O)oc3c2)[C@]1(C)CCC(=O)OC. The van der Waals surface area contributed by atoms with Crippen molar-refractivity contribution in [3.63, 3.8) is 0 Å².